The van der Waals surface area contributed by atoms with Gasteiger partial charge in [-0.15, -0.1) is 0 Å². The number of thioether (sulfide) groups is 1. The molecule has 5 nitrogen and oxygen atoms in total. The van der Waals surface area contributed by atoms with Gasteiger partial charge in [0.05, 0.1) is 5.25 Å². The van der Waals surface area contributed by atoms with Crippen molar-refractivity contribution in [2.45, 2.75) is 25.0 Å². The van der Waals surface area contributed by atoms with Gasteiger partial charge in [-0.2, -0.15) is 5.26 Å². The van der Waals surface area contributed by atoms with Crippen molar-refractivity contribution in [3.05, 3.63) is 76.3 Å². The largest absolute Gasteiger partial charge is 0.365 e. The molecule has 3 rings (SSSR count). The number of nitrogens with zero attached hydrogens (tertiary/aromatic N) is 2. The normalized spacial score (nSPS) is 18.3. The third kappa shape index (κ3) is 3.88. The van der Waals surface area contributed by atoms with E-state index < -0.39 is 11.2 Å². The molecule has 6 heteroatoms. The van der Waals surface area contributed by atoms with Gasteiger partial charge in [-0.1, -0.05) is 61.2 Å². The van der Waals surface area contributed by atoms with Gasteiger partial charge in [-0.3, -0.25) is 14.5 Å². The topological polar surface area (TPSA) is 87.2 Å². The molecule has 0 saturated carbocycles. The lowest BCUT2D eigenvalue weighted by atomic mass is 10.1. The van der Waals surface area contributed by atoms with E-state index in [0.717, 1.165) is 12.0 Å². The van der Waals surface area contributed by atoms with E-state index >= 15 is 0 Å². The number of carbonyl (C=O) groups is 2. The summed E-state index contributed by atoms with van der Waals surface area (Å²) in [7, 11) is 0. The van der Waals surface area contributed by atoms with Crippen LogP contribution in [0.2, 0.25) is 0 Å². The van der Waals surface area contributed by atoms with Gasteiger partial charge < -0.3 is 5.73 Å². The minimum atomic E-state index is -0.832. The first kappa shape index (κ1) is 18.7. The summed E-state index contributed by atoms with van der Waals surface area (Å²) < 4.78 is 0. The molecule has 136 valence electrons. The zero-order chi connectivity index (χ0) is 19.4. The summed E-state index contributed by atoms with van der Waals surface area (Å²) in [5, 5.41) is 9.26. The first-order valence-corrected chi connectivity index (χ1v) is 9.50. The maximum absolute atomic E-state index is 13.1. The van der Waals surface area contributed by atoms with Crippen LogP contribution in [0.3, 0.4) is 0 Å². The average Bonchev–Trinajstić information content (AvgIpc) is 2.99. The van der Waals surface area contributed by atoms with Crippen LogP contribution in [-0.4, -0.2) is 17.1 Å². The second kappa shape index (κ2) is 8.11. The number of nitriles is 1. The van der Waals surface area contributed by atoms with Crippen LogP contribution in [-0.2, 0) is 22.4 Å². The molecule has 1 saturated heterocycles. The fourth-order valence-electron chi connectivity index (χ4n) is 2.94. The fourth-order valence-corrected chi connectivity index (χ4v) is 4.25. The van der Waals surface area contributed by atoms with Crippen LogP contribution in [0.5, 0.6) is 0 Å². The lowest BCUT2D eigenvalue weighted by Gasteiger charge is -2.18. The molecule has 0 aliphatic carbocycles. The molecule has 1 fully saturated rings. The Morgan fingerprint density at radius 2 is 1.78 bits per heavy atom. The lowest BCUT2D eigenvalue weighted by Crippen LogP contribution is -2.31. The van der Waals surface area contributed by atoms with Crippen molar-refractivity contribution in [2.75, 3.05) is 4.90 Å². The summed E-state index contributed by atoms with van der Waals surface area (Å²) in [5.74, 6) is -0.989. The van der Waals surface area contributed by atoms with E-state index in [4.69, 9.17) is 5.73 Å². The highest BCUT2D eigenvalue weighted by molar-refractivity contribution is 8.05. The predicted molar refractivity (Wildman–Crippen MR) is 107 cm³/mol. The second-order valence-corrected chi connectivity index (χ2v) is 7.34. The standard InChI is InChI=1S/C21H19N3O2S/c1-2-14-8-10-15(11-9-14)12-18-20(26)24(16-6-4-3-5-7-16)21(27-18)17(13-22)19(23)25/h3-11,18H,2,12H2,1H3,(H2,23,25)/b21-17-/t18-/m0/s1. The van der Waals surface area contributed by atoms with Crippen LogP contribution in [0.15, 0.2) is 65.2 Å². The number of rotatable bonds is 5. The van der Waals surface area contributed by atoms with Crippen LogP contribution in [0.1, 0.15) is 18.1 Å². The summed E-state index contributed by atoms with van der Waals surface area (Å²) in [4.78, 5) is 26.3. The van der Waals surface area contributed by atoms with Gasteiger partial charge in [0.2, 0.25) is 5.91 Å². The lowest BCUT2D eigenvalue weighted by molar-refractivity contribution is -0.117. The van der Waals surface area contributed by atoms with Crippen molar-refractivity contribution in [2.24, 2.45) is 5.73 Å². The van der Waals surface area contributed by atoms with E-state index in [0.29, 0.717) is 17.1 Å². The number of aryl methyl sites for hydroxylation is 1. The van der Waals surface area contributed by atoms with Gasteiger partial charge in [0.15, 0.2) is 0 Å². The van der Waals surface area contributed by atoms with Crippen LogP contribution in [0.25, 0.3) is 0 Å². The molecule has 1 aliphatic heterocycles. The fraction of sp³-hybridized carbons (Fsp3) is 0.190. The molecule has 2 aromatic carbocycles. The third-order valence-corrected chi connectivity index (χ3v) is 5.65. The number of hydrogen-bond acceptors (Lipinski definition) is 4. The molecule has 0 unspecified atom stereocenters. The number of primary amides is 1. The van der Waals surface area contributed by atoms with Crippen LogP contribution < -0.4 is 10.6 Å². The van der Waals surface area contributed by atoms with Crippen LogP contribution in [0.4, 0.5) is 5.69 Å². The zero-order valence-electron chi connectivity index (χ0n) is 14.9. The van der Waals surface area contributed by atoms with Crippen LogP contribution >= 0.6 is 11.8 Å². The van der Waals surface area contributed by atoms with Gasteiger partial charge in [0, 0.05) is 5.69 Å². The smallest absolute Gasteiger partial charge is 0.262 e. The number of anilines is 1. The van der Waals surface area contributed by atoms with Crippen molar-refractivity contribution >= 4 is 29.3 Å². The Morgan fingerprint density at radius 1 is 1.15 bits per heavy atom. The summed E-state index contributed by atoms with van der Waals surface area (Å²) >= 11 is 1.22. The molecule has 1 atom stereocenters. The maximum atomic E-state index is 13.1. The predicted octanol–water partition coefficient (Wildman–Crippen LogP) is 3.16. The van der Waals surface area contributed by atoms with E-state index in [1.165, 1.54) is 22.2 Å². The zero-order valence-corrected chi connectivity index (χ0v) is 15.7. The molecule has 0 aromatic heterocycles. The summed E-state index contributed by atoms with van der Waals surface area (Å²) in [5.41, 5.74) is 8.06. The molecular weight excluding hydrogens is 358 g/mol. The Kier molecular flexibility index (Phi) is 5.63. The van der Waals surface area contributed by atoms with E-state index in [1.54, 1.807) is 24.3 Å². The summed E-state index contributed by atoms with van der Waals surface area (Å²) in [6, 6.07) is 19.0. The Hall–Kier alpha value is -3.04. The van der Waals surface area contributed by atoms with Crippen molar-refractivity contribution in [3.63, 3.8) is 0 Å². The number of benzene rings is 2. The van der Waals surface area contributed by atoms with Gasteiger partial charge in [0.25, 0.3) is 5.91 Å². The van der Waals surface area contributed by atoms with E-state index in [-0.39, 0.29) is 11.5 Å². The van der Waals surface area contributed by atoms with Crippen molar-refractivity contribution in [1.82, 2.24) is 0 Å². The monoisotopic (exact) mass is 377 g/mol. The molecule has 2 amide bonds. The van der Waals surface area contributed by atoms with E-state index in [2.05, 4.69) is 19.1 Å². The third-order valence-electron chi connectivity index (χ3n) is 4.39. The van der Waals surface area contributed by atoms with Crippen LogP contribution in [0, 0.1) is 11.3 Å². The van der Waals surface area contributed by atoms with Gasteiger partial charge in [0.1, 0.15) is 16.7 Å². The van der Waals surface area contributed by atoms with Gasteiger partial charge in [-0.05, 0) is 36.1 Å². The number of carbonyl (C=O) groups excluding carboxylic acids is 2. The van der Waals surface area contributed by atoms with E-state index in [1.807, 2.05) is 24.3 Å². The molecule has 0 radical (unpaired) electrons. The molecular formula is C21H19N3O2S. The highest BCUT2D eigenvalue weighted by Gasteiger charge is 2.40. The SMILES string of the molecule is CCc1ccc(C[C@@H]2S/C(=C(/C#N)C(N)=O)N(c3ccccc3)C2=O)cc1. The number of para-hydroxylation sites is 1. The average molecular weight is 377 g/mol. The van der Waals surface area contributed by atoms with Gasteiger partial charge >= 0.3 is 0 Å². The minimum absolute atomic E-state index is 0.158. The molecule has 0 bridgehead atoms. The van der Waals surface area contributed by atoms with Crippen molar-refractivity contribution < 1.29 is 9.59 Å². The molecule has 0 spiro atoms. The highest BCUT2D eigenvalue weighted by Crippen LogP contribution is 2.41. The minimum Gasteiger partial charge on any atom is -0.365 e. The quantitative estimate of drug-likeness (QED) is 0.640. The molecule has 2 N–H and O–H groups in total. The number of hydrogen-bond donors (Lipinski definition) is 1. The van der Waals surface area contributed by atoms with Gasteiger partial charge in [-0.25, -0.2) is 0 Å². The Labute approximate surface area is 162 Å². The highest BCUT2D eigenvalue weighted by atomic mass is 32.2. The first-order chi connectivity index (χ1) is 13.0. The molecule has 1 heterocycles. The number of amides is 2. The molecule has 27 heavy (non-hydrogen) atoms. The summed E-state index contributed by atoms with van der Waals surface area (Å²) in [6.07, 6.45) is 1.47. The second-order valence-electron chi connectivity index (χ2n) is 6.15. The Balaban J connectivity index is 1.97. The first-order valence-electron chi connectivity index (χ1n) is 8.62. The van der Waals surface area contributed by atoms with Crippen molar-refractivity contribution in [1.29, 1.82) is 5.26 Å². The Morgan fingerprint density at radius 3 is 2.33 bits per heavy atom. The number of nitrogens with two attached hydrogens (primary N) is 1. The maximum Gasteiger partial charge on any atom is 0.262 e. The van der Waals surface area contributed by atoms with Crippen molar-refractivity contribution in [3.8, 4) is 6.07 Å². The summed E-state index contributed by atoms with van der Waals surface area (Å²) in [6.45, 7) is 2.09. The Bertz CT molecular complexity index is 930. The van der Waals surface area contributed by atoms with E-state index in [9.17, 15) is 14.9 Å². The molecule has 1 aliphatic rings. The molecule has 2 aromatic rings.